The number of hydrogen-bond donors (Lipinski definition) is 2. The summed E-state index contributed by atoms with van der Waals surface area (Å²) in [5, 5.41) is 16.1. The van der Waals surface area contributed by atoms with E-state index in [9.17, 15) is 14.4 Å². The first-order valence-electron chi connectivity index (χ1n) is 12.4. The zero-order chi connectivity index (χ0) is 26.4. The number of benzene rings is 2. The van der Waals surface area contributed by atoms with Crippen molar-refractivity contribution in [3.8, 4) is 0 Å². The van der Waals surface area contributed by atoms with Gasteiger partial charge in [0.15, 0.2) is 5.82 Å². The van der Waals surface area contributed by atoms with Crippen molar-refractivity contribution in [1.82, 2.24) is 24.4 Å². The molecule has 2 N–H and O–H groups in total. The quantitative estimate of drug-likeness (QED) is 0.318. The van der Waals surface area contributed by atoms with Crippen molar-refractivity contribution in [2.75, 3.05) is 13.1 Å². The summed E-state index contributed by atoms with van der Waals surface area (Å²) in [6.45, 7) is 4.71. The van der Waals surface area contributed by atoms with Gasteiger partial charge in [0, 0.05) is 24.8 Å². The molecule has 0 saturated carbocycles. The van der Waals surface area contributed by atoms with Gasteiger partial charge in [0.1, 0.15) is 5.52 Å². The molecular formula is C28H31N5O4. The number of rotatable bonds is 10. The zero-order valence-electron chi connectivity index (χ0n) is 21.0. The van der Waals surface area contributed by atoms with Crippen LogP contribution in [-0.2, 0) is 6.54 Å². The van der Waals surface area contributed by atoms with Crippen molar-refractivity contribution in [1.29, 1.82) is 0 Å². The predicted molar refractivity (Wildman–Crippen MR) is 141 cm³/mol. The lowest BCUT2D eigenvalue weighted by Crippen LogP contribution is -2.41. The number of nitrogens with one attached hydrogen (secondary N) is 1. The van der Waals surface area contributed by atoms with Gasteiger partial charge in [-0.2, -0.15) is 5.10 Å². The van der Waals surface area contributed by atoms with Crippen LogP contribution in [0.25, 0.3) is 5.52 Å². The molecule has 1 atom stereocenters. The molecule has 37 heavy (non-hydrogen) atoms. The molecule has 2 aromatic heterocycles. The third-order valence-electron chi connectivity index (χ3n) is 6.34. The normalized spacial score (nSPS) is 11.8. The largest absolute Gasteiger partial charge is 0.465 e. The topological polar surface area (TPSA) is 109 Å². The molecule has 9 nitrogen and oxygen atoms in total. The summed E-state index contributed by atoms with van der Waals surface area (Å²) in [7, 11) is 0. The summed E-state index contributed by atoms with van der Waals surface area (Å²) in [5.74, 6) is 0.280. The van der Waals surface area contributed by atoms with E-state index in [4.69, 9.17) is 10.2 Å². The van der Waals surface area contributed by atoms with Crippen LogP contribution in [0.15, 0.2) is 77.7 Å². The smallest absolute Gasteiger partial charge is 0.404 e. The van der Waals surface area contributed by atoms with E-state index in [1.165, 1.54) is 0 Å². The number of aromatic nitrogens is 3. The van der Waals surface area contributed by atoms with Gasteiger partial charge in [-0.1, -0.05) is 55.0 Å². The average Bonchev–Trinajstić information content (AvgIpc) is 3.37. The second-order valence-electron chi connectivity index (χ2n) is 8.95. The van der Waals surface area contributed by atoms with Crippen molar-refractivity contribution in [2.45, 2.75) is 39.3 Å². The van der Waals surface area contributed by atoms with Crippen LogP contribution in [0.1, 0.15) is 53.1 Å². The van der Waals surface area contributed by atoms with Crippen molar-refractivity contribution in [3.63, 3.8) is 0 Å². The Morgan fingerprint density at radius 2 is 1.78 bits per heavy atom. The molecule has 2 aromatic carbocycles. The number of hydrogen-bond acceptors (Lipinski definition) is 4. The van der Waals surface area contributed by atoms with Gasteiger partial charge >= 0.3 is 6.09 Å². The van der Waals surface area contributed by atoms with E-state index >= 15 is 0 Å². The number of fused-ring (bicyclic) bond motifs is 1. The van der Waals surface area contributed by atoms with Crippen molar-refractivity contribution in [2.24, 2.45) is 0 Å². The molecule has 0 radical (unpaired) electrons. The molecule has 192 valence electrons. The summed E-state index contributed by atoms with van der Waals surface area (Å²) in [4.78, 5) is 40.0. The maximum atomic E-state index is 13.8. The molecule has 0 fully saturated rings. The van der Waals surface area contributed by atoms with Crippen LogP contribution >= 0.6 is 0 Å². The molecule has 0 saturated heterocycles. The molecular weight excluding hydrogens is 470 g/mol. The fourth-order valence-corrected chi connectivity index (χ4v) is 4.45. The molecule has 9 heteroatoms. The summed E-state index contributed by atoms with van der Waals surface area (Å²) >= 11 is 0. The minimum Gasteiger partial charge on any atom is -0.465 e. The van der Waals surface area contributed by atoms with Crippen LogP contribution in [0.3, 0.4) is 0 Å². The van der Waals surface area contributed by atoms with Crippen LogP contribution in [0, 0.1) is 6.92 Å². The zero-order valence-corrected chi connectivity index (χ0v) is 21.0. The second-order valence-corrected chi connectivity index (χ2v) is 8.95. The van der Waals surface area contributed by atoms with E-state index < -0.39 is 12.1 Å². The Balaban J connectivity index is 1.79. The monoisotopic (exact) mass is 501 g/mol. The van der Waals surface area contributed by atoms with E-state index in [1.807, 2.05) is 56.3 Å². The fourth-order valence-electron chi connectivity index (χ4n) is 4.45. The first-order valence-corrected chi connectivity index (χ1v) is 12.4. The van der Waals surface area contributed by atoms with E-state index in [2.05, 4.69) is 5.32 Å². The number of amides is 2. The number of carboxylic acid groups (broad SMARTS) is 1. The van der Waals surface area contributed by atoms with Crippen LogP contribution in [0.4, 0.5) is 4.79 Å². The highest BCUT2D eigenvalue weighted by Crippen LogP contribution is 2.25. The van der Waals surface area contributed by atoms with Gasteiger partial charge in [-0.3, -0.25) is 14.2 Å². The minimum atomic E-state index is -1.11. The lowest BCUT2D eigenvalue weighted by molar-refractivity contribution is 0.0652. The number of carbonyl (C=O) groups is 2. The van der Waals surface area contributed by atoms with Crippen molar-refractivity contribution >= 4 is 17.5 Å². The third kappa shape index (κ3) is 5.88. The molecule has 0 aliphatic rings. The Kier molecular flexibility index (Phi) is 8.02. The SMILES string of the molecule is CCC(c1nn2cccc2c(=O)n1Cc1ccccc1)N(CCCNC(=O)O)C(=O)c1ccc(C)cc1. The van der Waals surface area contributed by atoms with Crippen LogP contribution in [0.5, 0.6) is 0 Å². The first-order chi connectivity index (χ1) is 17.9. The Labute approximate surface area is 215 Å². The molecule has 2 heterocycles. The van der Waals surface area contributed by atoms with E-state index in [-0.39, 0.29) is 24.6 Å². The van der Waals surface area contributed by atoms with Gasteiger partial charge in [-0.15, -0.1) is 0 Å². The maximum absolute atomic E-state index is 13.8. The van der Waals surface area contributed by atoms with E-state index in [0.717, 1.165) is 11.1 Å². The summed E-state index contributed by atoms with van der Waals surface area (Å²) in [6, 6.07) is 20.0. The maximum Gasteiger partial charge on any atom is 0.404 e. The highest BCUT2D eigenvalue weighted by atomic mass is 16.4. The molecule has 0 bridgehead atoms. The molecule has 0 spiro atoms. The van der Waals surface area contributed by atoms with Crippen molar-refractivity contribution in [3.05, 3.63) is 106 Å². The van der Waals surface area contributed by atoms with Gasteiger partial charge < -0.3 is 15.3 Å². The molecule has 4 aromatic rings. The summed E-state index contributed by atoms with van der Waals surface area (Å²) in [6.07, 6.45) is 1.54. The first kappa shape index (κ1) is 25.7. The fraction of sp³-hybridized carbons (Fsp3) is 0.286. The predicted octanol–water partition coefficient (Wildman–Crippen LogP) is 4.10. The molecule has 1 unspecified atom stereocenters. The lowest BCUT2D eigenvalue weighted by Gasteiger charge is -2.32. The summed E-state index contributed by atoms with van der Waals surface area (Å²) < 4.78 is 3.20. The highest BCUT2D eigenvalue weighted by Gasteiger charge is 2.29. The molecule has 2 amide bonds. The van der Waals surface area contributed by atoms with Gasteiger partial charge in [0.2, 0.25) is 0 Å². The summed E-state index contributed by atoms with van der Waals surface area (Å²) in [5.41, 5.74) is 2.77. The minimum absolute atomic E-state index is 0.187. The lowest BCUT2D eigenvalue weighted by atomic mass is 10.1. The number of carbonyl (C=O) groups excluding carboxylic acids is 1. The van der Waals surface area contributed by atoms with E-state index in [0.29, 0.717) is 36.3 Å². The van der Waals surface area contributed by atoms with Gasteiger partial charge in [-0.05, 0) is 49.6 Å². The van der Waals surface area contributed by atoms with Crippen LogP contribution in [0.2, 0.25) is 0 Å². The molecule has 0 aliphatic carbocycles. The molecule has 4 rings (SSSR count). The van der Waals surface area contributed by atoms with Crippen LogP contribution < -0.4 is 10.9 Å². The van der Waals surface area contributed by atoms with Gasteiger partial charge in [0.25, 0.3) is 11.5 Å². The van der Waals surface area contributed by atoms with Crippen molar-refractivity contribution < 1.29 is 14.7 Å². The average molecular weight is 502 g/mol. The third-order valence-corrected chi connectivity index (χ3v) is 6.34. The Bertz CT molecular complexity index is 1430. The van der Waals surface area contributed by atoms with Crippen LogP contribution in [-0.4, -0.2) is 49.3 Å². The standard InChI is InChI=1S/C28H31N5O4/c1-3-23(31(17-8-16-29-28(36)37)26(34)22-14-12-20(2)13-15-22)25-30-33-18-7-11-24(33)27(35)32(25)19-21-9-5-4-6-10-21/h4-7,9-15,18,23,29H,3,8,16-17,19H2,1-2H3,(H,36,37). The molecule has 0 aliphatic heterocycles. The van der Waals surface area contributed by atoms with Gasteiger partial charge in [-0.25, -0.2) is 9.31 Å². The Morgan fingerprint density at radius 1 is 1.05 bits per heavy atom. The van der Waals surface area contributed by atoms with Gasteiger partial charge in [0.05, 0.1) is 12.6 Å². The van der Waals surface area contributed by atoms with E-state index in [1.54, 1.807) is 44.4 Å². The Morgan fingerprint density at radius 3 is 2.46 bits per heavy atom. The second kappa shape index (κ2) is 11.6. The number of aryl methyl sites for hydroxylation is 1. The Hall–Kier alpha value is -4.40. The highest BCUT2D eigenvalue weighted by molar-refractivity contribution is 5.94. The number of nitrogens with zero attached hydrogens (tertiary/aromatic N) is 4.